The Morgan fingerprint density at radius 2 is 2.24 bits per heavy atom. The lowest BCUT2D eigenvalue weighted by Crippen LogP contribution is -2.41. The van der Waals surface area contributed by atoms with Crippen LogP contribution in [-0.4, -0.2) is 23.6 Å². The van der Waals surface area contributed by atoms with E-state index in [0.29, 0.717) is 18.1 Å². The summed E-state index contributed by atoms with van der Waals surface area (Å²) in [5.41, 5.74) is 0.920. The summed E-state index contributed by atoms with van der Waals surface area (Å²) in [5.74, 6) is 0.0320. The number of rotatable bonds is 5. The van der Waals surface area contributed by atoms with Crippen LogP contribution in [-0.2, 0) is 11.3 Å². The van der Waals surface area contributed by atoms with Crippen LogP contribution < -0.4 is 10.6 Å². The van der Waals surface area contributed by atoms with E-state index in [1.54, 1.807) is 19.1 Å². The summed E-state index contributed by atoms with van der Waals surface area (Å²) in [4.78, 5) is 11.4. The molecular weight excluding hydrogens is 240 g/mol. The fourth-order valence-electron chi connectivity index (χ4n) is 1.35. The molecule has 1 unspecified atom stereocenters. The zero-order valence-electron chi connectivity index (χ0n) is 9.96. The maximum atomic E-state index is 11.4. The van der Waals surface area contributed by atoms with Crippen molar-refractivity contribution in [3.8, 4) is 5.75 Å². The highest BCUT2D eigenvalue weighted by atomic mass is 35.5. The molecule has 1 atom stereocenters. The molecular formula is C12H17ClN2O2. The van der Waals surface area contributed by atoms with Gasteiger partial charge >= 0.3 is 0 Å². The smallest absolute Gasteiger partial charge is 0.236 e. The number of hydrogen-bond acceptors (Lipinski definition) is 3. The van der Waals surface area contributed by atoms with E-state index in [1.807, 2.05) is 6.92 Å². The number of nitrogens with one attached hydrogen (secondary N) is 2. The second-order valence-electron chi connectivity index (χ2n) is 3.78. The van der Waals surface area contributed by atoms with Gasteiger partial charge in [-0.3, -0.25) is 4.79 Å². The molecule has 0 radical (unpaired) electrons. The van der Waals surface area contributed by atoms with Crippen LogP contribution in [0.2, 0.25) is 5.02 Å². The van der Waals surface area contributed by atoms with Gasteiger partial charge in [-0.2, -0.15) is 0 Å². The van der Waals surface area contributed by atoms with Gasteiger partial charge < -0.3 is 15.7 Å². The van der Waals surface area contributed by atoms with Crippen molar-refractivity contribution in [3.63, 3.8) is 0 Å². The number of phenols is 1. The van der Waals surface area contributed by atoms with E-state index >= 15 is 0 Å². The summed E-state index contributed by atoms with van der Waals surface area (Å²) >= 11 is 5.78. The van der Waals surface area contributed by atoms with Crippen LogP contribution >= 0.6 is 11.6 Å². The molecule has 17 heavy (non-hydrogen) atoms. The summed E-state index contributed by atoms with van der Waals surface area (Å²) in [5, 5.41) is 15.4. The SMILES string of the molecule is CCNC(=O)C(C)NCc1ccc(O)c(Cl)c1. The molecule has 0 aliphatic heterocycles. The lowest BCUT2D eigenvalue weighted by molar-refractivity contribution is -0.122. The minimum atomic E-state index is -0.262. The molecule has 0 bridgehead atoms. The molecule has 0 spiro atoms. The molecule has 1 rings (SSSR count). The van der Waals surface area contributed by atoms with Gasteiger partial charge in [-0.15, -0.1) is 0 Å². The van der Waals surface area contributed by atoms with Crippen LogP contribution in [0.1, 0.15) is 19.4 Å². The van der Waals surface area contributed by atoms with Gasteiger partial charge in [0.05, 0.1) is 11.1 Å². The van der Waals surface area contributed by atoms with Crippen molar-refractivity contribution in [1.82, 2.24) is 10.6 Å². The molecule has 1 aromatic carbocycles. The number of halogens is 1. The molecule has 0 aliphatic carbocycles. The van der Waals surface area contributed by atoms with Crippen molar-refractivity contribution in [2.24, 2.45) is 0 Å². The highest BCUT2D eigenvalue weighted by Gasteiger charge is 2.10. The summed E-state index contributed by atoms with van der Waals surface area (Å²) < 4.78 is 0. The summed E-state index contributed by atoms with van der Waals surface area (Å²) in [6.45, 7) is 4.82. The Morgan fingerprint density at radius 1 is 1.53 bits per heavy atom. The summed E-state index contributed by atoms with van der Waals surface area (Å²) in [6, 6.07) is 4.71. The lowest BCUT2D eigenvalue weighted by Gasteiger charge is -2.13. The number of aromatic hydroxyl groups is 1. The average molecular weight is 257 g/mol. The van der Waals surface area contributed by atoms with E-state index in [0.717, 1.165) is 5.56 Å². The Kier molecular flexibility index (Phi) is 5.25. The Morgan fingerprint density at radius 3 is 2.82 bits per heavy atom. The lowest BCUT2D eigenvalue weighted by atomic mass is 10.2. The number of carbonyl (C=O) groups is 1. The minimum Gasteiger partial charge on any atom is -0.506 e. The van der Waals surface area contributed by atoms with Gasteiger partial charge in [-0.05, 0) is 31.5 Å². The van der Waals surface area contributed by atoms with Gasteiger partial charge in [-0.25, -0.2) is 0 Å². The highest BCUT2D eigenvalue weighted by Crippen LogP contribution is 2.23. The van der Waals surface area contributed by atoms with E-state index in [9.17, 15) is 9.90 Å². The van der Waals surface area contributed by atoms with Crippen molar-refractivity contribution in [2.75, 3.05) is 6.54 Å². The first-order valence-electron chi connectivity index (χ1n) is 5.53. The Balaban J connectivity index is 2.50. The summed E-state index contributed by atoms with van der Waals surface area (Å²) in [7, 11) is 0. The number of amides is 1. The molecule has 0 aromatic heterocycles. The topological polar surface area (TPSA) is 61.4 Å². The summed E-state index contributed by atoms with van der Waals surface area (Å²) in [6.07, 6.45) is 0. The molecule has 0 aliphatic rings. The van der Waals surface area contributed by atoms with E-state index in [1.165, 1.54) is 6.07 Å². The van der Waals surface area contributed by atoms with Crippen LogP contribution in [0.15, 0.2) is 18.2 Å². The number of benzene rings is 1. The molecule has 4 nitrogen and oxygen atoms in total. The monoisotopic (exact) mass is 256 g/mol. The first-order valence-corrected chi connectivity index (χ1v) is 5.91. The van der Waals surface area contributed by atoms with Gasteiger partial charge in [0.1, 0.15) is 5.75 Å². The highest BCUT2D eigenvalue weighted by molar-refractivity contribution is 6.32. The van der Waals surface area contributed by atoms with Crippen LogP contribution in [0.3, 0.4) is 0 Å². The molecule has 1 amide bonds. The Hall–Kier alpha value is -1.26. The molecule has 1 aromatic rings. The maximum absolute atomic E-state index is 11.4. The quantitative estimate of drug-likeness (QED) is 0.751. The van der Waals surface area contributed by atoms with Crippen LogP contribution in [0.5, 0.6) is 5.75 Å². The second-order valence-corrected chi connectivity index (χ2v) is 4.19. The van der Waals surface area contributed by atoms with Gasteiger partial charge in [0.25, 0.3) is 0 Å². The Bertz CT molecular complexity index is 396. The maximum Gasteiger partial charge on any atom is 0.236 e. The third-order valence-corrected chi connectivity index (χ3v) is 2.67. The predicted octanol–water partition coefficient (Wildman–Crippen LogP) is 1.66. The number of carbonyl (C=O) groups excluding carboxylic acids is 1. The molecule has 3 N–H and O–H groups in total. The van der Waals surface area contributed by atoms with Gasteiger partial charge in [-0.1, -0.05) is 17.7 Å². The minimum absolute atomic E-state index is 0.0302. The Labute approximate surface area is 106 Å². The normalized spacial score (nSPS) is 12.2. The third-order valence-electron chi connectivity index (χ3n) is 2.37. The molecule has 0 heterocycles. The van der Waals surface area contributed by atoms with Crippen molar-refractivity contribution in [3.05, 3.63) is 28.8 Å². The van der Waals surface area contributed by atoms with Crippen molar-refractivity contribution in [2.45, 2.75) is 26.4 Å². The van der Waals surface area contributed by atoms with E-state index in [4.69, 9.17) is 11.6 Å². The number of phenolic OH excluding ortho intramolecular Hbond substituents is 1. The molecule has 94 valence electrons. The standard InChI is InChI=1S/C12H17ClN2O2/c1-3-14-12(17)8(2)15-7-9-4-5-11(16)10(13)6-9/h4-6,8,15-16H,3,7H2,1-2H3,(H,14,17). The number of hydrogen-bond donors (Lipinski definition) is 3. The second kappa shape index (κ2) is 6.47. The van der Waals surface area contributed by atoms with Crippen LogP contribution in [0.4, 0.5) is 0 Å². The average Bonchev–Trinajstić information content (AvgIpc) is 2.30. The van der Waals surface area contributed by atoms with Crippen molar-refractivity contribution < 1.29 is 9.90 Å². The van der Waals surface area contributed by atoms with E-state index in [-0.39, 0.29) is 17.7 Å². The molecule has 5 heteroatoms. The fraction of sp³-hybridized carbons (Fsp3) is 0.417. The van der Waals surface area contributed by atoms with Gasteiger partial charge in [0.2, 0.25) is 5.91 Å². The first-order chi connectivity index (χ1) is 8.04. The number of likely N-dealkylation sites (N-methyl/N-ethyl adjacent to an activating group) is 1. The zero-order valence-corrected chi connectivity index (χ0v) is 10.7. The molecule has 0 saturated heterocycles. The predicted molar refractivity (Wildman–Crippen MR) is 68.1 cm³/mol. The van der Waals surface area contributed by atoms with Crippen LogP contribution in [0, 0.1) is 0 Å². The molecule has 0 saturated carbocycles. The van der Waals surface area contributed by atoms with E-state index < -0.39 is 0 Å². The van der Waals surface area contributed by atoms with E-state index in [2.05, 4.69) is 10.6 Å². The van der Waals surface area contributed by atoms with Crippen molar-refractivity contribution in [1.29, 1.82) is 0 Å². The van der Waals surface area contributed by atoms with Gasteiger partial charge in [0.15, 0.2) is 0 Å². The zero-order chi connectivity index (χ0) is 12.8. The van der Waals surface area contributed by atoms with Crippen molar-refractivity contribution >= 4 is 17.5 Å². The van der Waals surface area contributed by atoms with Gasteiger partial charge in [0, 0.05) is 13.1 Å². The van der Waals surface area contributed by atoms with Crippen LogP contribution in [0.25, 0.3) is 0 Å². The molecule has 0 fully saturated rings. The third kappa shape index (κ3) is 4.24. The first kappa shape index (κ1) is 13.8. The fourth-order valence-corrected chi connectivity index (χ4v) is 1.55. The largest absolute Gasteiger partial charge is 0.506 e.